The summed E-state index contributed by atoms with van der Waals surface area (Å²) in [7, 11) is 0. The summed E-state index contributed by atoms with van der Waals surface area (Å²) in [4.78, 5) is 33.6. The van der Waals surface area contributed by atoms with E-state index < -0.39 is 35.8 Å². The number of carbonyl (C=O) groups excluding carboxylic acids is 1. The zero-order chi connectivity index (χ0) is 15.4. The second kappa shape index (κ2) is 6.36. The van der Waals surface area contributed by atoms with Gasteiger partial charge in [-0.25, -0.2) is 4.79 Å². The molecule has 0 bridgehead atoms. The topological polar surface area (TPSA) is 101 Å². The first-order valence-electron chi connectivity index (χ1n) is 6.24. The fraction of sp³-hybridized carbons (Fsp3) is 0.500. The lowest BCUT2D eigenvalue weighted by atomic mass is 9.77. The maximum Gasteiger partial charge on any atom is 0.333 e. The lowest BCUT2D eigenvalue weighted by Crippen LogP contribution is -2.36. The van der Waals surface area contributed by atoms with Crippen LogP contribution in [-0.2, 0) is 19.1 Å². The molecule has 1 aliphatic rings. The lowest BCUT2D eigenvalue weighted by molar-refractivity contribution is -0.154. The molecule has 0 aromatic rings. The molecule has 4 unspecified atom stereocenters. The molecule has 4 atom stereocenters. The summed E-state index contributed by atoms with van der Waals surface area (Å²) in [6.07, 6.45) is 2.55. The Hall–Kier alpha value is -2.11. The van der Waals surface area contributed by atoms with Crippen molar-refractivity contribution in [2.75, 3.05) is 0 Å². The number of carbonyl (C=O) groups is 3. The van der Waals surface area contributed by atoms with E-state index in [-0.39, 0.29) is 17.9 Å². The Kier molecular flexibility index (Phi) is 5.07. The van der Waals surface area contributed by atoms with Gasteiger partial charge < -0.3 is 14.9 Å². The Labute approximate surface area is 116 Å². The molecule has 6 nitrogen and oxygen atoms in total. The molecule has 6 heteroatoms. The average molecular weight is 282 g/mol. The Bertz CT molecular complexity index is 464. The van der Waals surface area contributed by atoms with Crippen LogP contribution in [-0.4, -0.2) is 34.2 Å². The van der Waals surface area contributed by atoms with Crippen LogP contribution in [0.1, 0.15) is 20.3 Å². The minimum absolute atomic E-state index is 0.118. The van der Waals surface area contributed by atoms with E-state index in [1.807, 2.05) is 0 Å². The van der Waals surface area contributed by atoms with Gasteiger partial charge in [-0.15, -0.1) is 0 Å². The average Bonchev–Trinajstić information content (AvgIpc) is 2.37. The summed E-state index contributed by atoms with van der Waals surface area (Å²) in [6.45, 7) is 6.64. The van der Waals surface area contributed by atoms with Gasteiger partial charge in [0.15, 0.2) is 0 Å². The molecule has 0 amide bonds. The molecule has 0 fully saturated rings. The minimum atomic E-state index is -1.17. The van der Waals surface area contributed by atoms with E-state index in [0.29, 0.717) is 0 Å². The third-order valence-electron chi connectivity index (χ3n) is 3.37. The fourth-order valence-electron chi connectivity index (χ4n) is 2.13. The van der Waals surface area contributed by atoms with Gasteiger partial charge in [-0.2, -0.15) is 0 Å². The zero-order valence-corrected chi connectivity index (χ0v) is 11.4. The highest BCUT2D eigenvalue weighted by Crippen LogP contribution is 2.32. The van der Waals surface area contributed by atoms with E-state index >= 15 is 0 Å². The van der Waals surface area contributed by atoms with E-state index in [1.54, 1.807) is 13.0 Å². The molecule has 0 spiro atoms. The molecule has 1 rings (SSSR count). The summed E-state index contributed by atoms with van der Waals surface area (Å²) in [5.74, 6) is -5.27. The van der Waals surface area contributed by atoms with Crippen LogP contribution in [0.4, 0.5) is 0 Å². The van der Waals surface area contributed by atoms with Crippen molar-refractivity contribution in [1.82, 2.24) is 0 Å². The maximum atomic E-state index is 11.4. The van der Waals surface area contributed by atoms with E-state index in [0.717, 1.165) is 0 Å². The first-order chi connectivity index (χ1) is 9.23. The smallest absolute Gasteiger partial charge is 0.333 e. The van der Waals surface area contributed by atoms with Crippen molar-refractivity contribution in [2.24, 2.45) is 17.8 Å². The monoisotopic (exact) mass is 282 g/mol. The van der Waals surface area contributed by atoms with Crippen molar-refractivity contribution in [3.05, 3.63) is 24.3 Å². The summed E-state index contributed by atoms with van der Waals surface area (Å²) in [5.41, 5.74) is 0.259. The van der Waals surface area contributed by atoms with Crippen LogP contribution in [0, 0.1) is 17.8 Å². The summed E-state index contributed by atoms with van der Waals surface area (Å²) < 4.78 is 5.14. The van der Waals surface area contributed by atoms with Gasteiger partial charge in [0.05, 0.1) is 11.8 Å². The van der Waals surface area contributed by atoms with Crippen molar-refractivity contribution in [3.63, 3.8) is 0 Å². The highest BCUT2D eigenvalue weighted by Gasteiger charge is 2.38. The van der Waals surface area contributed by atoms with Gasteiger partial charge in [-0.1, -0.05) is 18.7 Å². The molecular weight excluding hydrogens is 264 g/mol. The Morgan fingerprint density at radius 1 is 1.25 bits per heavy atom. The second-order valence-corrected chi connectivity index (χ2v) is 4.98. The fourth-order valence-corrected chi connectivity index (χ4v) is 2.13. The molecule has 20 heavy (non-hydrogen) atoms. The van der Waals surface area contributed by atoms with Crippen LogP contribution in [0.3, 0.4) is 0 Å². The summed E-state index contributed by atoms with van der Waals surface area (Å²) >= 11 is 0. The van der Waals surface area contributed by atoms with Crippen LogP contribution in [0.25, 0.3) is 0 Å². The van der Waals surface area contributed by atoms with Gasteiger partial charge in [0.2, 0.25) is 0 Å². The van der Waals surface area contributed by atoms with E-state index in [4.69, 9.17) is 14.9 Å². The number of hydrogen-bond acceptors (Lipinski definition) is 4. The van der Waals surface area contributed by atoms with E-state index in [9.17, 15) is 14.4 Å². The second-order valence-electron chi connectivity index (χ2n) is 4.98. The first kappa shape index (κ1) is 15.9. The molecular formula is C14H18O6. The molecule has 0 radical (unpaired) electrons. The lowest BCUT2D eigenvalue weighted by Gasteiger charge is -2.30. The third-order valence-corrected chi connectivity index (χ3v) is 3.37. The van der Waals surface area contributed by atoms with Crippen molar-refractivity contribution >= 4 is 17.9 Å². The van der Waals surface area contributed by atoms with E-state index in [2.05, 4.69) is 6.58 Å². The number of hydrogen-bond donors (Lipinski definition) is 2. The summed E-state index contributed by atoms with van der Waals surface area (Å²) in [6, 6.07) is 0. The number of carboxylic acid groups (broad SMARTS) is 2. The van der Waals surface area contributed by atoms with Crippen LogP contribution >= 0.6 is 0 Å². The number of esters is 1. The van der Waals surface area contributed by atoms with Crippen LogP contribution in [0.15, 0.2) is 24.3 Å². The van der Waals surface area contributed by atoms with Crippen molar-refractivity contribution in [1.29, 1.82) is 0 Å². The highest BCUT2D eigenvalue weighted by molar-refractivity contribution is 5.87. The van der Waals surface area contributed by atoms with Gasteiger partial charge in [-0.05, 0) is 20.3 Å². The van der Waals surface area contributed by atoms with Crippen LogP contribution < -0.4 is 0 Å². The zero-order valence-electron chi connectivity index (χ0n) is 11.4. The Morgan fingerprint density at radius 2 is 1.85 bits per heavy atom. The summed E-state index contributed by atoms with van der Waals surface area (Å²) in [5, 5.41) is 18.1. The van der Waals surface area contributed by atoms with Gasteiger partial charge in [-0.3, -0.25) is 9.59 Å². The predicted molar refractivity (Wildman–Crippen MR) is 69.9 cm³/mol. The molecule has 0 heterocycles. The van der Waals surface area contributed by atoms with Gasteiger partial charge in [0.25, 0.3) is 0 Å². The number of aliphatic carboxylic acids is 2. The molecule has 0 saturated carbocycles. The van der Waals surface area contributed by atoms with Crippen LogP contribution in [0.2, 0.25) is 0 Å². The molecule has 110 valence electrons. The van der Waals surface area contributed by atoms with Gasteiger partial charge in [0, 0.05) is 11.5 Å². The van der Waals surface area contributed by atoms with Crippen molar-refractivity contribution in [3.8, 4) is 0 Å². The minimum Gasteiger partial charge on any atom is -0.481 e. The molecule has 2 N–H and O–H groups in total. The molecule has 0 aromatic heterocycles. The maximum absolute atomic E-state index is 11.4. The third kappa shape index (κ3) is 3.69. The first-order valence-corrected chi connectivity index (χ1v) is 6.24. The predicted octanol–water partition coefficient (Wildman–Crippen LogP) is 1.47. The molecule has 0 saturated heterocycles. The number of rotatable bonds is 5. The molecule has 0 aromatic carbocycles. The standard InChI is InChI=1S/C14H18O6/c1-7(2)14(19)20-8(3)9-4-5-10(12(15)16)11(6-9)13(17)18/h4-5,8-11H,1,6H2,2-3H3,(H,15,16)(H,17,18). The SMILES string of the molecule is C=C(C)C(=O)OC(C)C1C=CC(C(=O)O)C(C(=O)O)C1. The normalized spacial score (nSPS) is 26.6. The molecule has 1 aliphatic carbocycles. The number of carboxylic acids is 2. The Morgan fingerprint density at radius 3 is 2.30 bits per heavy atom. The van der Waals surface area contributed by atoms with Crippen molar-refractivity contribution in [2.45, 2.75) is 26.4 Å². The van der Waals surface area contributed by atoms with Gasteiger partial charge in [0.1, 0.15) is 6.10 Å². The van der Waals surface area contributed by atoms with E-state index in [1.165, 1.54) is 13.0 Å². The van der Waals surface area contributed by atoms with Gasteiger partial charge >= 0.3 is 17.9 Å². The quantitative estimate of drug-likeness (QED) is 0.450. The molecule has 0 aliphatic heterocycles. The number of ether oxygens (including phenoxy) is 1. The highest BCUT2D eigenvalue weighted by atomic mass is 16.5. The van der Waals surface area contributed by atoms with Crippen LogP contribution in [0.5, 0.6) is 0 Å². The largest absolute Gasteiger partial charge is 0.481 e. The Balaban J connectivity index is 2.81. The van der Waals surface area contributed by atoms with Crippen molar-refractivity contribution < 1.29 is 29.3 Å².